The molecule has 2 aromatic carbocycles. The molecule has 2 saturated heterocycles. The van der Waals surface area contributed by atoms with Gasteiger partial charge in [0, 0.05) is 38.2 Å². The van der Waals surface area contributed by atoms with Crippen molar-refractivity contribution in [1.29, 1.82) is 0 Å². The van der Waals surface area contributed by atoms with Gasteiger partial charge in [0.05, 0.1) is 31.4 Å². The molecule has 0 bridgehead atoms. The van der Waals surface area contributed by atoms with Crippen LogP contribution in [0.2, 0.25) is 0 Å². The van der Waals surface area contributed by atoms with E-state index in [1.807, 2.05) is 13.0 Å². The number of likely N-dealkylation sites (tertiary alicyclic amines) is 1. The molecule has 0 spiro atoms. The first-order chi connectivity index (χ1) is 17.9. The number of Topliss-reactive ketones (excluding diaryl/α,β-unsaturated/α-hetero) is 1. The lowest BCUT2D eigenvalue weighted by Crippen LogP contribution is -2.42. The second kappa shape index (κ2) is 10.4. The molecule has 37 heavy (non-hydrogen) atoms. The van der Waals surface area contributed by atoms with E-state index in [0.717, 1.165) is 24.4 Å². The Morgan fingerprint density at radius 3 is 2.65 bits per heavy atom. The van der Waals surface area contributed by atoms with Crippen molar-refractivity contribution in [2.45, 2.75) is 32.4 Å². The number of benzene rings is 2. The summed E-state index contributed by atoms with van der Waals surface area (Å²) in [5, 5.41) is 21.7. The Kier molecular flexibility index (Phi) is 7.08. The molecular formula is C28H32N2O7. The Balaban J connectivity index is 1.56. The number of ketones is 1. The van der Waals surface area contributed by atoms with E-state index < -0.39 is 17.7 Å². The van der Waals surface area contributed by atoms with E-state index >= 15 is 0 Å². The standard InChI is InChI=1S/C28H32N2O7/c1-3-36-23-16-18(4-6-21(23)31)25-24(26(32)19-5-7-22-20(15-19)14-17(2)37-22)27(33)28(34)30(25)9-8-29-10-12-35-13-11-29/h4-7,15-17,25,31-32H,3,8-14H2,1-2H3/b26-24+. The van der Waals surface area contributed by atoms with Gasteiger partial charge in [0.25, 0.3) is 11.7 Å². The number of rotatable bonds is 7. The van der Waals surface area contributed by atoms with Crippen molar-refractivity contribution in [3.63, 3.8) is 0 Å². The first-order valence-corrected chi connectivity index (χ1v) is 12.7. The number of aliphatic hydroxyl groups is 1. The average molecular weight is 509 g/mol. The van der Waals surface area contributed by atoms with E-state index in [2.05, 4.69) is 4.90 Å². The van der Waals surface area contributed by atoms with Gasteiger partial charge in [-0.25, -0.2) is 0 Å². The summed E-state index contributed by atoms with van der Waals surface area (Å²) in [5.74, 6) is -0.660. The Labute approximate surface area is 215 Å². The highest BCUT2D eigenvalue weighted by atomic mass is 16.5. The van der Waals surface area contributed by atoms with Crippen LogP contribution < -0.4 is 9.47 Å². The number of ether oxygens (including phenoxy) is 3. The van der Waals surface area contributed by atoms with E-state index in [-0.39, 0.29) is 28.9 Å². The highest BCUT2D eigenvalue weighted by Gasteiger charge is 2.46. The van der Waals surface area contributed by atoms with Gasteiger partial charge in [0.2, 0.25) is 0 Å². The molecule has 0 aromatic heterocycles. The van der Waals surface area contributed by atoms with Gasteiger partial charge in [0.1, 0.15) is 17.6 Å². The molecule has 2 N–H and O–H groups in total. The predicted octanol–water partition coefficient (Wildman–Crippen LogP) is 2.87. The fourth-order valence-electron chi connectivity index (χ4n) is 5.23. The third-order valence-electron chi connectivity index (χ3n) is 7.07. The fourth-order valence-corrected chi connectivity index (χ4v) is 5.23. The van der Waals surface area contributed by atoms with Crippen molar-refractivity contribution < 1.29 is 34.0 Å². The van der Waals surface area contributed by atoms with E-state index in [4.69, 9.17) is 14.2 Å². The first-order valence-electron chi connectivity index (χ1n) is 12.7. The Hall–Kier alpha value is -3.56. The molecule has 3 aliphatic heterocycles. The number of fused-ring (bicyclic) bond motifs is 1. The van der Waals surface area contributed by atoms with E-state index in [1.165, 1.54) is 11.0 Å². The zero-order chi connectivity index (χ0) is 26.1. The van der Waals surface area contributed by atoms with Crippen molar-refractivity contribution in [3.8, 4) is 17.2 Å². The highest BCUT2D eigenvalue weighted by molar-refractivity contribution is 6.46. The van der Waals surface area contributed by atoms with E-state index in [0.29, 0.717) is 50.5 Å². The third kappa shape index (κ3) is 4.89. The summed E-state index contributed by atoms with van der Waals surface area (Å²) in [6.45, 7) is 7.72. The minimum absolute atomic E-state index is 0.0204. The summed E-state index contributed by atoms with van der Waals surface area (Å²) >= 11 is 0. The number of morpholine rings is 1. The lowest BCUT2D eigenvalue weighted by molar-refractivity contribution is -0.140. The van der Waals surface area contributed by atoms with Crippen molar-refractivity contribution in [2.75, 3.05) is 46.0 Å². The lowest BCUT2D eigenvalue weighted by Gasteiger charge is -2.31. The summed E-state index contributed by atoms with van der Waals surface area (Å²) in [5.41, 5.74) is 1.99. The first kappa shape index (κ1) is 25.1. The number of carbonyl (C=O) groups is 2. The van der Waals surface area contributed by atoms with Gasteiger partial charge >= 0.3 is 0 Å². The monoisotopic (exact) mass is 508 g/mol. The molecule has 2 aromatic rings. The van der Waals surface area contributed by atoms with Crippen molar-refractivity contribution in [1.82, 2.24) is 9.80 Å². The lowest BCUT2D eigenvalue weighted by atomic mass is 9.94. The molecular weight excluding hydrogens is 476 g/mol. The zero-order valence-electron chi connectivity index (χ0n) is 21.1. The van der Waals surface area contributed by atoms with Gasteiger partial charge in [-0.15, -0.1) is 0 Å². The van der Waals surface area contributed by atoms with E-state index in [1.54, 1.807) is 31.2 Å². The largest absolute Gasteiger partial charge is 0.507 e. The van der Waals surface area contributed by atoms with Crippen LogP contribution in [0.1, 0.15) is 36.6 Å². The normalized spacial score (nSPS) is 23.2. The third-order valence-corrected chi connectivity index (χ3v) is 7.07. The van der Waals surface area contributed by atoms with Crippen LogP contribution in [0.15, 0.2) is 42.0 Å². The number of amides is 1. The van der Waals surface area contributed by atoms with Crippen LogP contribution in [-0.4, -0.2) is 83.8 Å². The predicted molar refractivity (Wildman–Crippen MR) is 136 cm³/mol. The molecule has 1 amide bonds. The van der Waals surface area contributed by atoms with Crippen LogP contribution in [0.3, 0.4) is 0 Å². The maximum absolute atomic E-state index is 13.4. The number of nitrogens with zero attached hydrogens (tertiary/aromatic N) is 2. The number of hydrogen-bond acceptors (Lipinski definition) is 8. The summed E-state index contributed by atoms with van der Waals surface area (Å²) in [4.78, 5) is 30.4. The molecule has 3 heterocycles. The number of aromatic hydroxyl groups is 1. The van der Waals surface area contributed by atoms with Gasteiger partial charge < -0.3 is 29.3 Å². The minimum atomic E-state index is -0.829. The van der Waals surface area contributed by atoms with Crippen LogP contribution >= 0.6 is 0 Å². The maximum atomic E-state index is 13.4. The molecule has 9 heteroatoms. The topological polar surface area (TPSA) is 109 Å². The van der Waals surface area contributed by atoms with Crippen molar-refractivity contribution in [3.05, 3.63) is 58.7 Å². The molecule has 9 nitrogen and oxygen atoms in total. The molecule has 5 rings (SSSR count). The Morgan fingerprint density at radius 1 is 1.11 bits per heavy atom. The maximum Gasteiger partial charge on any atom is 0.295 e. The fraction of sp³-hybridized carbons (Fsp3) is 0.429. The number of phenolic OH excluding ortho intramolecular Hbond substituents is 1. The van der Waals surface area contributed by atoms with Crippen LogP contribution in [0, 0.1) is 0 Å². The highest BCUT2D eigenvalue weighted by Crippen LogP contribution is 2.42. The van der Waals surface area contributed by atoms with Gasteiger partial charge in [-0.2, -0.15) is 0 Å². The summed E-state index contributed by atoms with van der Waals surface area (Å²) in [6.07, 6.45) is 0.732. The van der Waals surface area contributed by atoms with Gasteiger partial charge in [-0.1, -0.05) is 6.07 Å². The Bertz CT molecular complexity index is 1240. The molecule has 0 radical (unpaired) electrons. The molecule has 2 fully saturated rings. The quantitative estimate of drug-likeness (QED) is 0.334. The summed E-state index contributed by atoms with van der Waals surface area (Å²) < 4.78 is 16.8. The number of carbonyl (C=O) groups excluding carboxylic acids is 2. The van der Waals surface area contributed by atoms with Crippen LogP contribution in [0.5, 0.6) is 17.2 Å². The Morgan fingerprint density at radius 2 is 1.89 bits per heavy atom. The van der Waals surface area contributed by atoms with Gasteiger partial charge in [-0.05, 0) is 55.3 Å². The molecule has 0 aliphatic carbocycles. The number of aliphatic hydroxyl groups excluding tert-OH is 1. The summed E-state index contributed by atoms with van der Waals surface area (Å²) in [6, 6.07) is 9.23. The number of phenols is 1. The average Bonchev–Trinajstić information content (AvgIpc) is 3.39. The van der Waals surface area contributed by atoms with Crippen LogP contribution in [0.25, 0.3) is 5.76 Å². The van der Waals surface area contributed by atoms with Crippen LogP contribution in [-0.2, 0) is 20.7 Å². The smallest absolute Gasteiger partial charge is 0.295 e. The van der Waals surface area contributed by atoms with Crippen LogP contribution in [0.4, 0.5) is 0 Å². The molecule has 3 aliphatic rings. The van der Waals surface area contributed by atoms with Crippen molar-refractivity contribution >= 4 is 17.4 Å². The SMILES string of the molecule is CCOc1cc(C2/C(=C(\O)c3ccc4c(c3)CC(C)O4)C(=O)C(=O)N2CCN2CCOCC2)ccc1O. The minimum Gasteiger partial charge on any atom is -0.507 e. The molecule has 196 valence electrons. The molecule has 2 unspecified atom stereocenters. The number of hydrogen-bond donors (Lipinski definition) is 2. The molecule has 2 atom stereocenters. The molecule has 0 saturated carbocycles. The van der Waals surface area contributed by atoms with E-state index in [9.17, 15) is 19.8 Å². The van der Waals surface area contributed by atoms with Gasteiger partial charge in [-0.3, -0.25) is 14.5 Å². The van der Waals surface area contributed by atoms with Crippen molar-refractivity contribution in [2.24, 2.45) is 0 Å². The zero-order valence-corrected chi connectivity index (χ0v) is 21.1. The second-order valence-electron chi connectivity index (χ2n) is 9.56. The second-order valence-corrected chi connectivity index (χ2v) is 9.56. The summed E-state index contributed by atoms with van der Waals surface area (Å²) in [7, 11) is 0. The van der Waals surface area contributed by atoms with Gasteiger partial charge in [0.15, 0.2) is 11.5 Å².